The molecular weight excluding hydrogens is 228 g/mol. The zero-order valence-corrected chi connectivity index (χ0v) is 12.1. The Morgan fingerprint density at radius 3 is 2.78 bits per heavy atom. The molecule has 0 spiro atoms. The normalized spacial score (nSPS) is 21.2. The smallest absolute Gasteiger partial charge is 0.323 e. The van der Waals surface area contributed by atoms with Crippen molar-refractivity contribution in [2.24, 2.45) is 11.1 Å². The lowest BCUT2D eigenvalue weighted by Crippen LogP contribution is -2.37. The minimum atomic E-state index is -0.0743. The first kappa shape index (κ1) is 15.4. The number of likely N-dealkylation sites (tertiary alicyclic amines) is 1. The third kappa shape index (κ3) is 4.58. The zero-order valence-electron chi connectivity index (χ0n) is 12.1. The fourth-order valence-corrected chi connectivity index (χ4v) is 2.52. The summed E-state index contributed by atoms with van der Waals surface area (Å²) in [4.78, 5) is 13.8. The van der Waals surface area contributed by atoms with Gasteiger partial charge in [-0.05, 0) is 50.7 Å². The van der Waals surface area contributed by atoms with Gasteiger partial charge in [-0.1, -0.05) is 20.3 Å². The highest BCUT2D eigenvalue weighted by Gasteiger charge is 2.30. The summed E-state index contributed by atoms with van der Waals surface area (Å²) in [6.07, 6.45) is 5.51. The van der Waals surface area contributed by atoms with E-state index in [4.69, 9.17) is 10.5 Å². The number of nitrogens with zero attached hydrogens (tertiary/aromatic N) is 1. The van der Waals surface area contributed by atoms with Gasteiger partial charge in [0.15, 0.2) is 0 Å². The van der Waals surface area contributed by atoms with Crippen molar-refractivity contribution < 1.29 is 9.53 Å². The lowest BCUT2D eigenvalue weighted by molar-refractivity contribution is -0.145. The fraction of sp³-hybridized carbons (Fsp3) is 0.929. The zero-order chi connectivity index (χ0) is 13.6. The van der Waals surface area contributed by atoms with Crippen molar-refractivity contribution in [3.63, 3.8) is 0 Å². The van der Waals surface area contributed by atoms with Crippen LogP contribution in [0.15, 0.2) is 0 Å². The van der Waals surface area contributed by atoms with E-state index >= 15 is 0 Å². The Hall–Kier alpha value is -0.610. The Labute approximate surface area is 111 Å². The monoisotopic (exact) mass is 256 g/mol. The second-order valence-electron chi connectivity index (χ2n) is 6.04. The van der Waals surface area contributed by atoms with Crippen molar-refractivity contribution in [1.82, 2.24) is 4.90 Å². The summed E-state index contributed by atoms with van der Waals surface area (Å²) < 4.78 is 4.85. The van der Waals surface area contributed by atoms with Crippen LogP contribution in [0.3, 0.4) is 0 Å². The van der Waals surface area contributed by atoms with Gasteiger partial charge in [-0.25, -0.2) is 0 Å². The largest absolute Gasteiger partial charge is 0.468 e. The summed E-state index contributed by atoms with van der Waals surface area (Å²) >= 11 is 0. The molecule has 1 heterocycles. The van der Waals surface area contributed by atoms with Crippen molar-refractivity contribution in [3.8, 4) is 0 Å². The number of hydrogen-bond donors (Lipinski definition) is 1. The summed E-state index contributed by atoms with van der Waals surface area (Å²) in [5.74, 6) is -0.0743. The van der Waals surface area contributed by atoms with Crippen LogP contribution in [0.25, 0.3) is 0 Å². The number of nitrogens with two attached hydrogens (primary N) is 1. The molecule has 0 saturated carbocycles. The molecule has 0 aromatic carbocycles. The van der Waals surface area contributed by atoms with Gasteiger partial charge in [0.05, 0.1) is 7.11 Å². The molecule has 1 aliphatic rings. The van der Waals surface area contributed by atoms with Crippen LogP contribution < -0.4 is 5.73 Å². The van der Waals surface area contributed by atoms with Crippen LogP contribution in [0.1, 0.15) is 46.0 Å². The minimum absolute atomic E-state index is 0.00230. The van der Waals surface area contributed by atoms with Gasteiger partial charge in [0, 0.05) is 0 Å². The predicted molar refractivity (Wildman–Crippen MR) is 73.3 cm³/mol. The summed E-state index contributed by atoms with van der Waals surface area (Å²) in [5, 5.41) is 0. The van der Waals surface area contributed by atoms with Crippen LogP contribution in [0.2, 0.25) is 0 Å². The Morgan fingerprint density at radius 2 is 2.17 bits per heavy atom. The summed E-state index contributed by atoms with van der Waals surface area (Å²) in [6, 6.07) is -0.00230. The number of ether oxygens (including phenoxy) is 1. The molecule has 1 fully saturated rings. The van der Waals surface area contributed by atoms with E-state index in [1.54, 1.807) is 0 Å². The van der Waals surface area contributed by atoms with Crippen LogP contribution in [-0.2, 0) is 9.53 Å². The Morgan fingerprint density at radius 1 is 1.44 bits per heavy atom. The van der Waals surface area contributed by atoms with Crippen molar-refractivity contribution in [2.75, 3.05) is 26.7 Å². The molecule has 0 bridgehead atoms. The summed E-state index contributed by atoms with van der Waals surface area (Å²) in [6.45, 7) is 7.18. The van der Waals surface area contributed by atoms with Crippen molar-refractivity contribution in [3.05, 3.63) is 0 Å². The molecule has 1 saturated heterocycles. The van der Waals surface area contributed by atoms with E-state index in [2.05, 4.69) is 18.7 Å². The molecule has 0 amide bonds. The van der Waals surface area contributed by atoms with Gasteiger partial charge in [-0.3, -0.25) is 9.69 Å². The Kier molecular flexibility index (Phi) is 6.09. The van der Waals surface area contributed by atoms with E-state index in [-0.39, 0.29) is 17.4 Å². The van der Waals surface area contributed by atoms with Gasteiger partial charge in [0.1, 0.15) is 6.04 Å². The average molecular weight is 256 g/mol. The molecule has 1 unspecified atom stereocenters. The van der Waals surface area contributed by atoms with E-state index in [1.165, 1.54) is 13.5 Å². The lowest BCUT2D eigenvalue weighted by Gasteiger charge is -2.24. The number of rotatable bonds is 7. The molecule has 0 aromatic heterocycles. The van der Waals surface area contributed by atoms with Gasteiger partial charge in [0.25, 0.3) is 0 Å². The number of methoxy groups -OCH3 is 1. The van der Waals surface area contributed by atoms with Crippen LogP contribution in [0, 0.1) is 5.41 Å². The van der Waals surface area contributed by atoms with Gasteiger partial charge < -0.3 is 10.5 Å². The molecule has 4 nitrogen and oxygen atoms in total. The highest BCUT2D eigenvalue weighted by atomic mass is 16.5. The molecule has 0 aliphatic carbocycles. The molecule has 0 radical (unpaired) electrons. The third-order valence-electron chi connectivity index (χ3n) is 3.94. The second kappa shape index (κ2) is 7.10. The van der Waals surface area contributed by atoms with Gasteiger partial charge in [-0.2, -0.15) is 0 Å². The van der Waals surface area contributed by atoms with Crippen molar-refractivity contribution in [1.29, 1.82) is 0 Å². The van der Waals surface area contributed by atoms with E-state index in [0.717, 1.165) is 45.3 Å². The minimum Gasteiger partial charge on any atom is -0.468 e. The molecule has 2 N–H and O–H groups in total. The quantitative estimate of drug-likeness (QED) is 0.557. The number of carbonyl (C=O) groups is 1. The van der Waals surface area contributed by atoms with E-state index in [0.29, 0.717) is 0 Å². The number of esters is 1. The summed E-state index contributed by atoms with van der Waals surface area (Å²) in [7, 11) is 1.47. The number of carbonyl (C=O) groups excluding carboxylic acids is 1. The average Bonchev–Trinajstić information content (AvgIpc) is 2.82. The summed E-state index contributed by atoms with van der Waals surface area (Å²) in [5.41, 5.74) is 5.96. The molecule has 18 heavy (non-hydrogen) atoms. The standard InChI is InChI=1S/C14H28N2O2/c1-14(2,11-15)8-4-5-9-16-10-6-7-12(16)13(17)18-3/h12H,4-11,15H2,1-3H3. The highest BCUT2D eigenvalue weighted by Crippen LogP contribution is 2.23. The maximum atomic E-state index is 11.6. The highest BCUT2D eigenvalue weighted by molar-refractivity contribution is 5.75. The van der Waals surface area contributed by atoms with Crippen molar-refractivity contribution in [2.45, 2.75) is 52.0 Å². The molecular formula is C14H28N2O2. The van der Waals surface area contributed by atoms with Crippen LogP contribution >= 0.6 is 0 Å². The third-order valence-corrected chi connectivity index (χ3v) is 3.94. The number of unbranched alkanes of at least 4 members (excludes halogenated alkanes) is 1. The number of hydrogen-bond acceptors (Lipinski definition) is 4. The maximum absolute atomic E-state index is 11.6. The van der Waals surface area contributed by atoms with E-state index in [1.807, 2.05) is 0 Å². The van der Waals surface area contributed by atoms with E-state index in [9.17, 15) is 4.79 Å². The fourth-order valence-electron chi connectivity index (χ4n) is 2.52. The van der Waals surface area contributed by atoms with Crippen molar-refractivity contribution >= 4 is 5.97 Å². The SMILES string of the molecule is COC(=O)C1CCCN1CCCCC(C)(C)CN. The Balaban J connectivity index is 2.24. The van der Waals surface area contributed by atoms with E-state index < -0.39 is 0 Å². The van der Waals surface area contributed by atoms with Gasteiger partial charge in [-0.15, -0.1) is 0 Å². The first-order valence-corrected chi connectivity index (χ1v) is 7.02. The molecule has 4 heteroatoms. The van der Waals surface area contributed by atoms with Crippen LogP contribution in [0.4, 0.5) is 0 Å². The maximum Gasteiger partial charge on any atom is 0.323 e. The molecule has 1 rings (SSSR count). The van der Waals surface area contributed by atoms with Crippen LogP contribution in [0.5, 0.6) is 0 Å². The topological polar surface area (TPSA) is 55.6 Å². The molecule has 0 aromatic rings. The first-order chi connectivity index (χ1) is 8.50. The Bertz CT molecular complexity index is 267. The molecule has 106 valence electrons. The molecule has 1 aliphatic heterocycles. The van der Waals surface area contributed by atoms with Gasteiger partial charge >= 0.3 is 5.97 Å². The predicted octanol–water partition coefficient (Wildman–Crippen LogP) is 1.78. The van der Waals surface area contributed by atoms with Gasteiger partial charge in [0.2, 0.25) is 0 Å². The second-order valence-corrected chi connectivity index (χ2v) is 6.04. The lowest BCUT2D eigenvalue weighted by atomic mass is 9.87. The molecule has 1 atom stereocenters. The first-order valence-electron chi connectivity index (χ1n) is 7.02. The van der Waals surface area contributed by atoms with Crippen LogP contribution in [-0.4, -0.2) is 43.7 Å².